The predicted octanol–water partition coefficient (Wildman–Crippen LogP) is 4.05. The molecule has 0 aliphatic rings. The van der Waals surface area contributed by atoms with Gasteiger partial charge in [0.15, 0.2) is 0 Å². The molecule has 0 aliphatic heterocycles. The standard InChI is InChI=1S/C25H25ClN2O6S/c1-3-34-23-14-13-18(16-20(23)26)35(31,32)28-22(15-17-9-5-4-6-10-17)24(29)27-21-12-8-7-11-19(21)25(30)33-2/h4-14,16,22,28H,3,15H2,1-2H3,(H,27,29)/t22-/m1/s1. The van der Waals surface area contributed by atoms with Crippen LogP contribution in [-0.4, -0.2) is 40.1 Å². The van der Waals surface area contributed by atoms with E-state index in [0.717, 1.165) is 5.56 Å². The number of anilines is 1. The number of ether oxygens (including phenoxy) is 2. The summed E-state index contributed by atoms with van der Waals surface area (Å²) in [6, 6.07) is 18.1. The molecular weight excluding hydrogens is 492 g/mol. The Balaban J connectivity index is 1.91. The Kier molecular flexibility index (Phi) is 8.86. The number of benzene rings is 3. The molecule has 3 aromatic rings. The molecule has 0 fully saturated rings. The summed E-state index contributed by atoms with van der Waals surface area (Å²) >= 11 is 6.17. The number of hydrogen-bond acceptors (Lipinski definition) is 6. The molecular formula is C25H25ClN2O6S. The quantitative estimate of drug-likeness (QED) is 0.393. The van der Waals surface area contributed by atoms with Crippen molar-refractivity contribution < 1.29 is 27.5 Å². The van der Waals surface area contributed by atoms with Gasteiger partial charge in [-0.2, -0.15) is 4.72 Å². The van der Waals surface area contributed by atoms with Crippen LogP contribution in [0.3, 0.4) is 0 Å². The molecule has 3 aromatic carbocycles. The molecule has 0 spiro atoms. The second kappa shape index (κ2) is 11.8. The lowest BCUT2D eigenvalue weighted by atomic mass is 10.1. The van der Waals surface area contributed by atoms with Crippen molar-refractivity contribution in [2.45, 2.75) is 24.3 Å². The number of halogens is 1. The highest BCUT2D eigenvalue weighted by atomic mass is 35.5. The zero-order valence-corrected chi connectivity index (χ0v) is 20.7. The van der Waals surface area contributed by atoms with Gasteiger partial charge in [-0.25, -0.2) is 13.2 Å². The Morgan fingerprint density at radius 2 is 1.69 bits per heavy atom. The van der Waals surface area contributed by atoms with Gasteiger partial charge < -0.3 is 14.8 Å². The molecule has 2 N–H and O–H groups in total. The van der Waals surface area contributed by atoms with Crippen LogP contribution in [0, 0.1) is 0 Å². The average molecular weight is 517 g/mol. The van der Waals surface area contributed by atoms with Crippen LogP contribution in [0.25, 0.3) is 0 Å². The van der Waals surface area contributed by atoms with E-state index in [1.54, 1.807) is 43.3 Å². The fourth-order valence-electron chi connectivity index (χ4n) is 3.31. The van der Waals surface area contributed by atoms with Crippen LogP contribution < -0.4 is 14.8 Å². The number of carbonyl (C=O) groups is 2. The number of nitrogens with one attached hydrogen (secondary N) is 2. The minimum Gasteiger partial charge on any atom is -0.492 e. The lowest BCUT2D eigenvalue weighted by Gasteiger charge is -2.20. The molecule has 8 nitrogen and oxygen atoms in total. The zero-order valence-electron chi connectivity index (χ0n) is 19.2. The molecule has 1 atom stereocenters. The van der Waals surface area contributed by atoms with E-state index in [9.17, 15) is 18.0 Å². The van der Waals surface area contributed by atoms with E-state index >= 15 is 0 Å². The summed E-state index contributed by atoms with van der Waals surface area (Å²) in [7, 11) is -2.91. The molecule has 10 heteroatoms. The smallest absolute Gasteiger partial charge is 0.339 e. The van der Waals surface area contributed by atoms with Crippen LogP contribution in [0.1, 0.15) is 22.8 Å². The van der Waals surface area contributed by atoms with Crippen LogP contribution in [0.5, 0.6) is 5.75 Å². The molecule has 1 amide bonds. The predicted molar refractivity (Wildman–Crippen MR) is 133 cm³/mol. The number of sulfonamides is 1. The van der Waals surface area contributed by atoms with E-state index in [4.69, 9.17) is 21.1 Å². The van der Waals surface area contributed by atoms with Gasteiger partial charge in [-0.3, -0.25) is 4.79 Å². The Labute approximate surface area is 209 Å². The first-order valence-electron chi connectivity index (χ1n) is 10.7. The van der Waals surface area contributed by atoms with Gasteiger partial charge >= 0.3 is 5.97 Å². The zero-order chi connectivity index (χ0) is 25.4. The topological polar surface area (TPSA) is 111 Å². The number of methoxy groups -OCH3 is 1. The second-order valence-electron chi connectivity index (χ2n) is 7.42. The van der Waals surface area contributed by atoms with Crippen molar-refractivity contribution in [1.29, 1.82) is 0 Å². The molecule has 0 radical (unpaired) electrons. The summed E-state index contributed by atoms with van der Waals surface area (Å²) in [4.78, 5) is 25.2. The maximum Gasteiger partial charge on any atom is 0.339 e. The molecule has 0 bridgehead atoms. The van der Waals surface area contributed by atoms with Crippen LogP contribution in [0.15, 0.2) is 77.7 Å². The summed E-state index contributed by atoms with van der Waals surface area (Å²) in [5.41, 5.74) is 1.08. The first-order valence-corrected chi connectivity index (χ1v) is 12.6. The second-order valence-corrected chi connectivity index (χ2v) is 9.54. The minimum absolute atomic E-state index is 0.0665. The highest BCUT2D eigenvalue weighted by molar-refractivity contribution is 7.89. The first-order chi connectivity index (χ1) is 16.7. The Hall–Kier alpha value is -3.40. The van der Waals surface area contributed by atoms with E-state index in [0.29, 0.717) is 12.4 Å². The van der Waals surface area contributed by atoms with Crippen molar-refractivity contribution >= 4 is 39.2 Å². The Morgan fingerprint density at radius 1 is 1.00 bits per heavy atom. The van der Waals surface area contributed by atoms with Crippen LogP contribution >= 0.6 is 11.6 Å². The number of hydrogen-bond donors (Lipinski definition) is 2. The van der Waals surface area contributed by atoms with E-state index < -0.39 is 27.9 Å². The largest absolute Gasteiger partial charge is 0.492 e. The van der Waals surface area contributed by atoms with Gasteiger partial charge in [-0.1, -0.05) is 54.1 Å². The summed E-state index contributed by atoms with van der Waals surface area (Å²) in [5, 5.41) is 2.77. The van der Waals surface area contributed by atoms with Crippen molar-refractivity contribution in [2.24, 2.45) is 0 Å². The Morgan fingerprint density at radius 3 is 2.34 bits per heavy atom. The van der Waals surface area contributed by atoms with Crippen LogP contribution in [0.2, 0.25) is 5.02 Å². The number of rotatable bonds is 10. The van der Waals surface area contributed by atoms with Gasteiger partial charge in [-0.15, -0.1) is 0 Å². The van der Waals surface area contributed by atoms with Crippen molar-refractivity contribution in [3.63, 3.8) is 0 Å². The number of amides is 1. The highest BCUT2D eigenvalue weighted by Crippen LogP contribution is 2.27. The summed E-state index contributed by atoms with van der Waals surface area (Å²) in [6.45, 7) is 2.16. The molecule has 0 heterocycles. The molecule has 184 valence electrons. The molecule has 0 aliphatic carbocycles. The summed E-state index contributed by atoms with van der Waals surface area (Å²) in [5.74, 6) is -0.929. The molecule has 0 saturated carbocycles. The number of carbonyl (C=O) groups excluding carboxylic acids is 2. The van der Waals surface area contributed by atoms with Gasteiger partial charge in [0.1, 0.15) is 11.8 Å². The fourth-order valence-corrected chi connectivity index (χ4v) is 4.84. The van der Waals surface area contributed by atoms with Gasteiger partial charge in [0.05, 0.1) is 34.9 Å². The monoisotopic (exact) mass is 516 g/mol. The molecule has 0 unspecified atom stereocenters. The third-order valence-corrected chi connectivity index (χ3v) is 6.77. The van der Waals surface area contributed by atoms with Crippen LogP contribution in [0.4, 0.5) is 5.69 Å². The number of para-hydroxylation sites is 1. The molecule has 35 heavy (non-hydrogen) atoms. The third kappa shape index (κ3) is 6.82. The number of esters is 1. The molecule has 3 rings (SSSR count). The van der Waals surface area contributed by atoms with E-state index in [2.05, 4.69) is 10.0 Å². The van der Waals surface area contributed by atoms with Gasteiger partial charge in [0, 0.05) is 0 Å². The minimum atomic E-state index is -4.14. The van der Waals surface area contributed by atoms with Crippen molar-refractivity contribution in [1.82, 2.24) is 4.72 Å². The van der Waals surface area contributed by atoms with Crippen molar-refractivity contribution in [3.05, 3.63) is 88.9 Å². The van der Waals surface area contributed by atoms with Crippen molar-refractivity contribution in [2.75, 3.05) is 19.0 Å². The third-order valence-electron chi connectivity index (χ3n) is 5.00. The summed E-state index contributed by atoms with van der Waals surface area (Å²) < 4.78 is 38.9. The SMILES string of the molecule is CCOc1ccc(S(=O)(=O)N[C@H](Cc2ccccc2)C(=O)Nc2ccccc2C(=O)OC)cc1Cl. The van der Waals surface area contributed by atoms with Crippen LogP contribution in [-0.2, 0) is 26.0 Å². The van der Waals surface area contributed by atoms with E-state index in [1.807, 2.05) is 6.07 Å². The van der Waals surface area contributed by atoms with E-state index in [-0.39, 0.29) is 27.6 Å². The molecule has 0 saturated heterocycles. The maximum absolute atomic E-state index is 13.3. The average Bonchev–Trinajstić information content (AvgIpc) is 2.85. The maximum atomic E-state index is 13.3. The summed E-state index contributed by atoms with van der Waals surface area (Å²) in [6.07, 6.45) is 0.0665. The Bertz CT molecular complexity index is 1300. The fraction of sp³-hybridized carbons (Fsp3) is 0.200. The van der Waals surface area contributed by atoms with Gasteiger partial charge in [0.25, 0.3) is 0 Å². The normalized spacial score (nSPS) is 12.0. The molecule has 0 aromatic heterocycles. The van der Waals surface area contributed by atoms with E-state index in [1.165, 1.54) is 37.4 Å². The highest BCUT2D eigenvalue weighted by Gasteiger charge is 2.28. The van der Waals surface area contributed by atoms with Gasteiger partial charge in [-0.05, 0) is 49.2 Å². The lowest BCUT2D eigenvalue weighted by molar-refractivity contribution is -0.117. The lowest BCUT2D eigenvalue weighted by Crippen LogP contribution is -2.45. The first kappa shape index (κ1) is 26.2. The van der Waals surface area contributed by atoms with Crippen molar-refractivity contribution in [3.8, 4) is 5.75 Å². The van der Waals surface area contributed by atoms with Gasteiger partial charge in [0.2, 0.25) is 15.9 Å².